The number of nitrogens with one attached hydrogen (secondary N) is 1. The molecule has 0 aliphatic rings. The van der Waals surface area contributed by atoms with Crippen molar-refractivity contribution in [1.29, 1.82) is 0 Å². The molecule has 0 bridgehead atoms. The summed E-state index contributed by atoms with van der Waals surface area (Å²) in [6.07, 6.45) is 0. The van der Waals surface area contributed by atoms with Crippen LogP contribution in [-0.2, 0) is 11.4 Å². The largest absolute Gasteiger partial charge is 0.598 e. The summed E-state index contributed by atoms with van der Waals surface area (Å²) in [7, 11) is 0. The van der Waals surface area contributed by atoms with Gasteiger partial charge in [0.05, 0.1) is 11.6 Å². The van der Waals surface area contributed by atoms with Gasteiger partial charge in [-0.1, -0.05) is 13.8 Å². The first-order valence-electron chi connectivity index (χ1n) is 6.13. The third-order valence-electron chi connectivity index (χ3n) is 2.66. The first-order chi connectivity index (χ1) is 8.64. The third-order valence-corrected chi connectivity index (χ3v) is 5.25. The Morgan fingerprint density at radius 2 is 2.05 bits per heavy atom. The molecule has 108 valence electrons. The Hall–Kier alpha value is -0.560. The average molecular weight is 303 g/mol. The van der Waals surface area contributed by atoms with Crippen LogP contribution >= 0.6 is 11.3 Å². The summed E-state index contributed by atoms with van der Waals surface area (Å²) in [6.45, 7) is 9.64. The second-order valence-electron chi connectivity index (χ2n) is 5.72. The van der Waals surface area contributed by atoms with Crippen molar-refractivity contribution < 1.29 is 14.5 Å². The molecule has 0 saturated heterocycles. The van der Waals surface area contributed by atoms with Crippen LogP contribution in [0.3, 0.4) is 0 Å². The number of hydrogen-bond acceptors (Lipinski definition) is 4. The van der Waals surface area contributed by atoms with Gasteiger partial charge in [-0.2, -0.15) is 0 Å². The van der Waals surface area contributed by atoms with Gasteiger partial charge >= 0.3 is 5.97 Å². The minimum atomic E-state index is -1.23. The van der Waals surface area contributed by atoms with E-state index >= 15 is 0 Å². The summed E-state index contributed by atoms with van der Waals surface area (Å²) in [4.78, 5) is 11.9. The second kappa shape index (κ2) is 6.26. The SMILES string of the molecule is CC(C)[C@@H](N[S+]([O-])C(C)(C)C)c1sccc1C(=O)O. The summed E-state index contributed by atoms with van der Waals surface area (Å²) in [5.74, 6) is -0.784. The lowest BCUT2D eigenvalue weighted by molar-refractivity contribution is 0.0695. The summed E-state index contributed by atoms with van der Waals surface area (Å²) in [5, 5.41) is 10.9. The molecule has 0 aliphatic carbocycles. The first kappa shape index (κ1) is 16.5. The van der Waals surface area contributed by atoms with Gasteiger partial charge in [-0.3, -0.25) is 0 Å². The Morgan fingerprint density at radius 1 is 1.47 bits per heavy atom. The van der Waals surface area contributed by atoms with Crippen molar-refractivity contribution >= 4 is 28.7 Å². The highest BCUT2D eigenvalue weighted by Crippen LogP contribution is 2.32. The van der Waals surface area contributed by atoms with Gasteiger partial charge in [0, 0.05) is 16.2 Å². The van der Waals surface area contributed by atoms with Gasteiger partial charge in [0.2, 0.25) is 0 Å². The third kappa shape index (κ3) is 4.21. The van der Waals surface area contributed by atoms with Crippen molar-refractivity contribution in [2.75, 3.05) is 0 Å². The van der Waals surface area contributed by atoms with Crippen molar-refractivity contribution in [2.45, 2.75) is 45.4 Å². The summed E-state index contributed by atoms with van der Waals surface area (Å²) >= 11 is 0.159. The van der Waals surface area contributed by atoms with E-state index in [1.54, 1.807) is 11.4 Å². The molecule has 19 heavy (non-hydrogen) atoms. The van der Waals surface area contributed by atoms with Gasteiger partial charge in [0.25, 0.3) is 0 Å². The van der Waals surface area contributed by atoms with Crippen LogP contribution in [0.2, 0.25) is 0 Å². The summed E-state index contributed by atoms with van der Waals surface area (Å²) in [5.41, 5.74) is 0.294. The lowest BCUT2D eigenvalue weighted by Gasteiger charge is -2.29. The van der Waals surface area contributed by atoms with E-state index in [1.807, 2.05) is 34.6 Å². The van der Waals surface area contributed by atoms with Gasteiger partial charge < -0.3 is 9.66 Å². The molecule has 0 aliphatic heterocycles. The highest BCUT2D eigenvalue weighted by Gasteiger charge is 2.33. The van der Waals surface area contributed by atoms with E-state index in [4.69, 9.17) is 0 Å². The standard InChI is InChI=1S/C13H21NO3S2/c1-8(2)10(14-19(17)13(3,4)5)11-9(12(15)16)6-7-18-11/h6-8,10,14H,1-5H3,(H,15,16)/t10-,19?/m1/s1. The van der Waals surface area contributed by atoms with Crippen LogP contribution in [0, 0.1) is 5.92 Å². The van der Waals surface area contributed by atoms with Crippen LogP contribution in [0.1, 0.15) is 55.9 Å². The lowest BCUT2D eigenvalue weighted by atomic mass is 10.0. The molecule has 0 amide bonds. The fourth-order valence-electron chi connectivity index (χ4n) is 1.52. The van der Waals surface area contributed by atoms with Crippen LogP contribution in [0.5, 0.6) is 0 Å². The van der Waals surface area contributed by atoms with Crippen molar-refractivity contribution in [3.05, 3.63) is 21.9 Å². The maximum absolute atomic E-state index is 12.2. The summed E-state index contributed by atoms with van der Waals surface area (Å²) in [6, 6.07) is 1.38. The van der Waals surface area contributed by atoms with Gasteiger partial charge in [-0.25, -0.2) is 4.79 Å². The minimum Gasteiger partial charge on any atom is -0.598 e. The van der Waals surface area contributed by atoms with Crippen molar-refractivity contribution in [3.63, 3.8) is 0 Å². The number of rotatable bonds is 5. The monoisotopic (exact) mass is 303 g/mol. The minimum absolute atomic E-state index is 0.156. The molecule has 0 aromatic carbocycles. The quantitative estimate of drug-likeness (QED) is 0.819. The fraction of sp³-hybridized carbons (Fsp3) is 0.615. The Bertz CT molecular complexity index is 437. The first-order valence-corrected chi connectivity index (χ1v) is 8.16. The van der Waals surface area contributed by atoms with Crippen LogP contribution in [0.15, 0.2) is 11.4 Å². The molecular weight excluding hydrogens is 282 g/mol. The Morgan fingerprint density at radius 3 is 2.47 bits per heavy atom. The van der Waals surface area contributed by atoms with E-state index in [-0.39, 0.29) is 16.7 Å². The molecule has 1 unspecified atom stereocenters. The van der Waals surface area contributed by atoms with Crippen molar-refractivity contribution in [3.8, 4) is 0 Å². The molecule has 1 aromatic heterocycles. The fourth-order valence-corrected chi connectivity index (χ4v) is 3.68. The molecule has 0 radical (unpaired) electrons. The molecule has 4 nitrogen and oxygen atoms in total. The zero-order chi connectivity index (χ0) is 14.8. The van der Waals surface area contributed by atoms with E-state index in [0.717, 1.165) is 4.88 Å². The van der Waals surface area contributed by atoms with Crippen LogP contribution in [-0.4, -0.2) is 20.4 Å². The lowest BCUT2D eigenvalue weighted by Crippen LogP contribution is -2.42. The van der Waals surface area contributed by atoms with Gasteiger partial charge in [-0.15, -0.1) is 16.1 Å². The smallest absolute Gasteiger partial charge is 0.336 e. The highest BCUT2D eigenvalue weighted by molar-refractivity contribution is 7.90. The predicted molar refractivity (Wildman–Crippen MR) is 79.9 cm³/mol. The van der Waals surface area contributed by atoms with E-state index < -0.39 is 17.3 Å². The molecule has 0 fully saturated rings. The molecule has 1 rings (SSSR count). The molecule has 2 N–H and O–H groups in total. The van der Waals surface area contributed by atoms with Gasteiger partial charge in [-0.05, 0) is 38.1 Å². The predicted octanol–water partition coefficient (Wildman–Crippen LogP) is 3.20. The van der Waals surface area contributed by atoms with E-state index in [1.165, 1.54) is 11.3 Å². The van der Waals surface area contributed by atoms with Crippen LogP contribution in [0.4, 0.5) is 0 Å². The molecule has 1 aromatic rings. The molecular formula is C13H21NO3S2. The molecule has 2 atom stereocenters. The zero-order valence-electron chi connectivity index (χ0n) is 11.9. The highest BCUT2D eigenvalue weighted by atomic mass is 32.2. The maximum atomic E-state index is 12.2. The maximum Gasteiger partial charge on any atom is 0.336 e. The number of carboxylic acid groups (broad SMARTS) is 1. The second-order valence-corrected chi connectivity index (χ2v) is 8.67. The average Bonchev–Trinajstić information content (AvgIpc) is 2.71. The van der Waals surface area contributed by atoms with Crippen LogP contribution < -0.4 is 4.72 Å². The molecule has 0 saturated carbocycles. The number of carboxylic acids is 1. The van der Waals surface area contributed by atoms with Crippen molar-refractivity contribution in [1.82, 2.24) is 4.72 Å². The Kier molecular flexibility index (Phi) is 5.43. The molecule has 0 spiro atoms. The van der Waals surface area contributed by atoms with E-state index in [2.05, 4.69) is 4.72 Å². The zero-order valence-corrected chi connectivity index (χ0v) is 13.5. The van der Waals surface area contributed by atoms with Crippen LogP contribution in [0.25, 0.3) is 0 Å². The van der Waals surface area contributed by atoms with E-state index in [9.17, 15) is 14.5 Å². The normalized spacial score (nSPS) is 15.5. The Balaban J connectivity index is 3.02. The Labute approximate surface area is 121 Å². The molecule has 1 heterocycles. The number of thiophene rings is 1. The van der Waals surface area contributed by atoms with E-state index in [0.29, 0.717) is 5.56 Å². The molecule has 6 heteroatoms. The van der Waals surface area contributed by atoms with Gasteiger partial charge in [0.1, 0.15) is 4.75 Å². The number of hydrogen-bond donors (Lipinski definition) is 2. The van der Waals surface area contributed by atoms with Crippen molar-refractivity contribution in [2.24, 2.45) is 5.92 Å². The topological polar surface area (TPSA) is 72.4 Å². The number of aromatic carboxylic acids is 1. The summed E-state index contributed by atoms with van der Waals surface area (Å²) < 4.78 is 14.9. The van der Waals surface area contributed by atoms with Gasteiger partial charge in [0.15, 0.2) is 0 Å². The number of carbonyl (C=O) groups is 1.